The first-order chi connectivity index (χ1) is 22.4. The van der Waals surface area contributed by atoms with Crippen LogP contribution < -0.4 is 14.3 Å². The van der Waals surface area contributed by atoms with Crippen LogP contribution in [-0.2, 0) is 0 Å². The van der Waals surface area contributed by atoms with Crippen LogP contribution in [0.25, 0.3) is 11.1 Å². The monoisotopic (exact) mass is 666 g/mol. The number of Topliss-reactive ketones (excluding diaryl/α,β-unsaturated/α-hetero) is 1. The van der Waals surface area contributed by atoms with E-state index in [9.17, 15) is 32.7 Å². The summed E-state index contributed by atoms with van der Waals surface area (Å²) in [7, 11) is 0. The zero-order valence-corrected chi connectivity index (χ0v) is 26.8. The van der Waals surface area contributed by atoms with Gasteiger partial charge < -0.3 is 19.5 Å². The fourth-order valence-electron chi connectivity index (χ4n) is 6.14. The average molecular weight is 667 g/mol. The van der Waals surface area contributed by atoms with Gasteiger partial charge in [-0.15, -0.1) is 24.5 Å². The molecule has 5 rings (SSSR count). The number of ether oxygens (including phenoxy) is 1. The van der Waals surface area contributed by atoms with Crippen molar-refractivity contribution in [2.45, 2.75) is 51.9 Å². The Morgan fingerprint density at radius 3 is 2.36 bits per heavy atom. The first-order valence-electron chi connectivity index (χ1n) is 15.1. The molecule has 0 spiro atoms. The molecule has 2 atom stereocenters. The zero-order chi connectivity index (χ0) is 33.9. The van der Waals surface area contributed by atoms with E-state index in [4.69, 9.17) is 4.98 Å². The van der Waals surface area contributed by atoms with Gasteiger partial charge in [0.2, 0.25) is 11.6 Å². The van der Waals surface area contributed by atoms with Gasteiger partial charge in [-0.05, 0) is 80.6 Å². The van der Waals surface area contributed by atoms with Crippen LogP contribution in [0.5, 0.6) is 5.75 Å². The lowest BCUT2D eigenvalue weighted by Gasteiger charge is -2.38. The van der Waals surface area contributed by atoms with Crippen LogP contribution in [0, 0.1) is 6.92 Å². The standard InChI is InChI=1S/C34H33F3N4O5S/c1-4-41(33(44)45,22(3)30(42)27-10-5-6-17-38-27)28-20-47-31(39-28)24-15-18-40(19-16-24)32(43)26-9-7-8-21(2)29(26)23-11-13-25(14-12-23)46-34(35,36)37/h5-14,17,20,22,24H,4,15-16,18-19H2,1-3H3. The molecule has 0 bridgehead atoms. The number of alkyl halides is 3. The summed E-state index contributed by atoms with van der Waals surface area (Å²) in [6.45, 7) is 5.94. The minimum atomic E-state index is -4.80. The molecule has 0 aliphatic carbocycles. The SMILES string of the molecule is CC[N+](C(=O)[O-])(c1csc(C2CCN(C(=O)c3cccc(C)c3-c3ccc(OC(F)(F)F)cc3)CC2)n1)C(C)C(=O)c1ccccn1. The Bertz CT molecular complexity index is 1760. The summed E-state index contributed by atoms with van der Waals surface area (Å²) in [5.74, 6) is -0.784. The number of nitrogens with zero attached hydrogens (tertiary/aromatic N) is 4. The average Bonchev–Trinajstić information content (AvgIpc) is 3.55. The van der Waals surface area contributed by atoms with E-state index in [-0.39, 0.29) is 35.6 Å². The van der Waals surface area contributed by atoms with Crippen LogP contribution >= 0.6 is 11.3 Å². The maximum Gasteiger partial charge on any atom is 0.573 e. The summed E-state index contributed by atoms with van der Waals surface area (Å²) < 4.78 is 41.2. The largest absolute Gasteiger partial charge is 0.573 e. The molecular weight excluding hydrogens is 633 g/mol. The van der Waals surface area contributed by atoms with Crippen molar-refractivity contribution in [2.24, 2.45) is 0 Å². The molecule has 1 saturated heterocycles. The normalized spacial score (nSPS) is 15.9. The number of aromatic nitrogens is 2. The van der Waals surface area contributed by atoms with Crippen LogP contribution in [0.2, 0.25) is 0 Å². The topological polar surface area (TPSA) is 113 Å². The predicted octanol–water partition coefficient (Wildman–Crippen LogP) is 6.37. The van der Waals surface area contributed by atoms with Gasteiger partial charge in [0.05, 0.1) is 11.9 Å². The number of carbonyl (C=O) groups excluding carboxylic acids is 3. The third-order valence-electron chi connectivity index (χ3n) is 8.71. The predicted molar refractivity (Wildman–Crippen MR) is 169 cm³/mol. The third kappa shape index (κ3) is 6.91. The Kier molecular flexibility index (Phi) is 9.78. The van der Waals surface area contributed by atoms with Gasteiger partial charge in [-0.25, -0.2) is 4.48 Å². The molecule has 9 nitrogen and oxygen atoms in total. The number of carboxylic acid groups (broad SMARTS) is 1. The second-order valence-electron chi connectivity index (χ2n) is 11.4. The van der Waals surface area contributed by atoms with Crippen molar-refractivity contribution >= 4 is 34.9 Å². The Morgan fingerprint density at radius 1 is 1.06 bits per heavy atom. The minimum absolute atomic E-state index is 0.0294. The van der Waals surface area contributed by atoms with Gasteiger partial charge >= 0.3 is 6.36 Å². The number of benzene rings is 2. The molecule has 47 heavy (non-hydrogen) atoms. The van der Waals surface area contributed by atoms with E-state index in [0.717, 1.165) is 10.6 Å². The molecular formula is C34H33F3N4O5S. The quantitative estimate of drug-likeness (QED) is 0.151. The molecule has 4 aromatic rings. The van der Waals surface area contributed by atoms with Crippen molar-refractivity contribution in [1.82, 2.24) is 19.4 Å². The molecule has 0 N–H and O–H groups in total. The highest BCUT2D eigenvalue weighted by molar-refractivity contribution is 7.10. The molecule has 0 saturated carbocycles. The van der Waals surface area contributed by atoms with Gasteiger partial charge in [-0.1, -0.05) is 30.3 Å². The fraction of sp³-hybridized carbons (Fsp3) is 0.324. The molecule has 2 amide bonds. The number of likely N-dealkylation sites (tertiary alicyclic amines) is 1. The van der Waals surface area contributed by atoms with Crippen LogP contribution in [-0.4, -0.2) is 64.7 Å². The highest BCUT2D eigenvalue weighted by atomic mass is 32.1. The summed E-state index contributed by atoms with van der Waals surface area (Å²) in [6.07, 6.45) is -3.59. The number of piperidine rings is 1. The lowest BCUT2D eigenvalue weighted by Crippen LogP contribution is -2.67. The fourth-order valence-corrected chi connectivity index (χ4v) is 7.18. The number of hydrogen-bond acceptors (Lipinski definition) is 8. The maximum atomic E-state index is 13.8. The Balaban J connectivity index is 1.32. The van der Waals surface area contributed by atoms with Crippen LogP contribution in [0.4, 0.5) is 23.8 Å². The van der Waals surface area contributed by atoms with Gasteiger partial charge in [0.25, 0.3) is 12.0 Å². The van der Waals surface area contributed by atoms with Crippen molar-refractivity contribution in [3.63, 3.8) is 0 Å². The van der Waals surface area contributed by atoms with Crippen molar-refractivity contribution in [2.75, 3.05) is 19.6 Å². The molecule has 13 heteroatoms. The Labute approximate surface area is 273 Å². The number of ketones is 1. The summed E-state index contributed by atoms with van der Waals surface area (Å²) >= 11 is 1.32. The number of pyridine rings is 1. The third-order valence-corrected chi connectivity index (χ3v) is 9.71. The first kappa shape index (κ1) is 33.7. The molecule has 0 radical (unpaired) electrons. The number of carbonyl (C=O) groups is 3. The lowest BCUT2D eigenvalue weighted by molar-refractivity contribution is -0.274. The number of likely N-dealkylation sites (N-methyl/N-ethyl adjacent to an activating group) is 1. The molecule has 246 valence electrons. The molecule has 2 unspecified atom stereocenters. The van der Waals surface area contributed by atoms with Gasteiger partial charge in [0, 0.05) is 30.8 Å². The van der Waals surface area contributed by atoms with Crippen molar-refractivity contribution in [1.29, 1.82) is 0 Å². The van der Waals surface area contributed by atoms with E-state index in [1.165, 1.54) is 41.8 Å². The summed E-state index contributed by atoms with van der Waals surface area (Å²) in [6, 6.07) is 14.6. The van der Waals surface area contributed by atoms with Gasteiger partial charge in [-0.2, -0.15) is 4.98 Å². The summed E-state index contributed by atoms with van der Waals surface area (Å²) in [4.78, 5) is 50.3. The van der Waals surface area contributed by atoms with Crippen LogP contribution in [0.1, 0.15) is 64.0 Å². The number of halogens is 3. The number of aryl methyl sites for hydroxylation is 1. The van der Waals surface area contributed by atoms with Crippen LogP contribution in [0.3, 0.4) is 0 Å². The number of thiazole rings is 1. The zero-order valence-electron chi connectivity index (χ0n) is 26.0. The van der Waals surface area contributed by atoms with Crippen molar-refractivity contribution in [3.05, 3.63) is 94.1 Å². The minimum Gasteiger partial charge on any atom is -0.498 e. The molecule has 2 aromatic carbocycles. The molecule has 3 heterocycles. The van der Waals surface area contributed by atoms with Gasteiger partial charge in [0.15, 0.2) is 6.04 Å². The number of hydrogen-bond donors (Lipinski definition) is 0. The number of quaternary nitrogens is 1. The van der Waals surface area contributed by atoms with E-state index < -0.39 is 28.8 Å². The molecule has 2 aromatic heterocycles. The van der Waals surface area contributed by atoms with E-state index >= 15 is 0 Å². The second-order valence-corrected chi connectivity index (χ2v) is 12.3. The summed E-state index contributed by atoms with van der Waals surface area (Å²) in [5.41, 5.74) is 2.62. The molecule has 1 aliphatic rings. The van der Waals surface area contributed by atoms with E-state index in [0.29, 0.717) is 42.6 Å². The smallest absolute Gasteiger partial charge is 0.498 e. The molecule has 1 fully saturated rings. The van der Waals surface area contributed by atoms with Crippen LogP contribution in [0.15, 0.2) is 72.2 Å². The first-order valence-corrected chi connectivity index (χ1v) is 16.0. The highest BCUT2D eigenvalue weighted by Crippen LogP contribution is 2.37. The van der Waals surface area contributed by atoms with Crippen molar-refractivity contribution in [3.8, 4) is 16.9 Å². The van der Waals surface area contributed by atoms with Gasteiger partial charge in [-0.3, -0.25) is 14.6 Å². The van der Waals surface area contributed by atoms with E-state index in [1.54, 1.807) is 54.5 Å². The highest BCUT2D eigenvalue weighted by Gasteiger charge is 2.45. The Hall–Kier alpha value is -4.62. The lowest BCUT2D eigenvalue weighted by atomic mass is 9.92. The van der Waals surface area contributed by atoms with E-state index in [1.807, 2.05) is 13.0 Å². The van der Waals surface area contributed by atoms with Gasteiger partial charge in [0.1, 0.15) is 16.5 Å². The summed E-state index contributed by atoms with van der Waals surface area (Å²) in [5, 5.41) is 15.0. The Morgan fingerprint density at radius 2 is 1.77 bits per heavy atom. The molecule has 1 aliphatic heterocycles. The number of rotatable bonds is 9. The van der Waals surface area contributed by atoms with E-state index in [2.05, 4.69) is 9.72 Å². The van der Waals surface area contributed by atoms with Crippen molar-refractivity contribution < 1.29 is 37.4 Å². The second kappa shape index (κ2) is 13.6. The maximum absolute atomic E-state index is 13.8. The number of amides is 2.